The molecule has 0 saturated carbocycles. The number of benzene rings is 2. The number of ether oxygens (including phenoxy) is 2. The van der Waals surface area contributed by atoms with Gasteiger partial charge in [0.2, 0.25) is 0 Å². The predicted octanol–water partition coefficient (Wildman–Crippen LogP) is 2.83. The van der Waals surface area contributed by atoms with Crippen molar-refractivity contribution in [1.82, 2.24) is 14.9 Å². The molecule has 3 aromatic rings. The van der Waals surface area contributed by atoms with Crippen LogP contribution in [0.2, 0.25) is 0 Å². The van der Waals surface area contributed by atoms with Gasteiger partial charge in [-0.05, 0) is 73.6 Å². The molecular weight excluding hydrogens is 465 g/mol. The van der Waals surface area contributed by atoms with Gasteiger partial charge in [0, 0.05) is 26.9 Å². The number of hydrogen-bond donors (Lipinski definition) is 2. The number of hydrogen-bond acceptors (Lipinski definition) is 6. The highest BCUT2D eigenvalue weighted by molar-refractivity contribution is 5.94. The molecule has 4 rings (SSSR count). The third kappa shape index (κ3) is 5.33. The summed E-state index contributed by atoms with van der Waals surface area (Å²) in [4.78, 5) is 30.2. The summed E-state index contributed by atoms with van der Waals surface area (Å²) in [5.74, 6) is -1.06. The second kappa shape index (κ2) is 11.3. The molecule has 1 fully saturated rings. The number of methoxy groups -OCH3 is 1. The van der Waals surface area contributed by atoms with Gasteiger partial charge < -0.3 is 19.9 Å². The summed E-state index contributed by atoms with van der Waals surface area (Å²) < 4.78 is 26.5. The van der Waals surface area contributed by atoms with Crippen molar-refractivity contribution in [1.29, 1.82) is 0 Å². The molecule has 1 amide bonds. The number of aryl methyl sites for hydroxylation is 1. The zero-order chi connectivity index (χ0) is 25.8. The molecule has 36 heavy (non-hydrogen) atoms. The molecule has 8 nitrogen and oxygen atoms in total. The van der Waals surface area contributed by atoms with Gasteiger partial charge in [-0.25, -0.2) is 9.37 Å². The summed E-state index contributed by atoms with van der Waals surface area (Å²) in [6.45, 7) is 5.44. The lowest BCUT2D eigenvalue weighted by molar-refractivity contribution is -0.0395. The summed E-state index contributed by atoms with van der Waals surface area (Å²) in [5, 5.41) is 13.5. The Bertz CT molecular complexity index is 1320. The largest absolute Gasteiger partial charge is 0.389 e. The molecule has 0 radical (unpaired) electrons. The van der Waals surface area contributed by atoms with Gasteiger partial charge in [0.1, 0.15) is 5.82 Å². The standard InChI is InChI=1S/C27H32FN3O5/c1-16-17(2)25-21(27(34)31(15-30-25)23-7-10-36-14-24(23)32)13-19(16)11-18-5-6-20(22(28)12-18)26(33)29-8-4-9-35-3/h5-6,12-13,15,23-24,32H,4,7-11,14H2,1-3H3,(H,29,33)/t23-,24-/m0/s1. The van der Waals surface area contributed by atoms with Crippen LogP contribution in [0.25, 0.3) is 10.9 Å². The van der Waals surface area contributed by atoms with Crippen LogP contribution in [-0.4, -0.2) is 60.1 Å². The highest BCUT2D eigenvalue weighted by atomic mass is 19.1. The zero-order valence-corrected chi connectivity index (χ0v) is 20.8. The quantitative estimate of drug-likeness (QED) is 0.464. The number of amides is 1. The SMILES string of the molecule is COCCCNC(=O)c1ccc(Cc2cc3c(=O)n([C@H]4CCOC[C@@H]4O)cnc3c(C)c2C)cc1F. The molecule has 0 spiro atoms. The second-order valence-electron chi connectivity index (χ2n) is 9.23. The smallest absolute Gasteiger partial charge is 0.261 e. The van der Waals surface area contributed by atoms with Crippen LogP contribution in [0.3, 0.4) is 0 Å². The van der Waals surface area contributed by atoms with Gasteiger partial charge in [-0.1, -0.05) is 6.07 Å². The number of aliphatic hydroxyl groups excluding tert-OH is 1. The van der Waals surface area contributed by atoms with E-state index in [-0.39, 0.29) is 17.7 Å². The van der Waals surface area contributed by atoms with Crippen LogP contribution in [-0.2, 0) is 15.9 Å². The van der Waals surface area contributed by atoms with Gasteiger partial charge in [0.05, 0.1) is 41.5 Å². The first-order chi connectivity index (χ1) is 17.3. The molecule has 0 unspecified atom stereocenters. The lowest BCUT2D eigenvalue weighted by atomic mass is 9.94. The monoisotopic (exact) mass is 497 g/mol. The van der Waals surface area contributed by atoms with Gasteiger partial charge in [-0.15, -0.1) is 0 Å². The summed E-state index contributed by atoms with van der Waals surface area (Å²) in [6, 6.07) is 5.99. The number of carbonyl (C=O) groups is 1. The highest BCUT2D eigenvalue weighted by Crippen LogP contribution is 2.26. The molecule has 2 heterocycles. The van der Waals surface area contributed by atoms with Crippen molar-refractivity contribution in [2.24, 2.45) is 0 Å². The number of aliphatic hydroxyl groups is 1. The van der Waals surface area contributed by atoms with Crippen molar-refractivity contribution in [2.45, 2.75) is 45.3 Å². The van der Waals surface area contributed by atoms with Gasteiger partial charge >= 0.3 is 0 Å². The van der Waals surface area contributed by atoms with E-state index in [1.807, 2.05) is 19.9 Å². The lowest BCUT2D eigenvalue weighted by Crippen LogP contribution is -2.39. The lowest BCUT2D eigenvalue weighted by Gasteiger charge is -2.29. The van der Waals surface area contributed by atoms with Gasteiger partial charge in [0.25, 0.3) is 11.5 Å². The molecule has 192 valence electrons. The maximum atomic E-state index is 14.8. The highest BCUT2D eigenvalue weighted by Gasteiger charge is 2.27. The molecule has 1 aromatic heterocycles. The summed E-state index contributed by atoms with van der Waals surface area (Å²) in [5.41, 5.74) is 3.80. The number of fused-ring (bicyclic) bond motifs is 1. The van der Waals surface area contributed by atoms with Crippen LogP contribution in [0.1, 0.15) is 51.5 Å². The van der Waals surface area contributed by atoms with Crippen molar-refractivity contribution in [3.8, 4) is 0 Å². The summed E-state index contributed by atoms with van der Waals surface area (Å²) in [7, 11) is 1.59. The fourth-order valence-corrected chi connectivity index (χ4v) is 4.65. The number of halogens is 1. The fourth-order valence-electron chi connectivity index (χ4n) is 4.65. The Morgan fingerprint density at radius 1 is 1.31 bits per heavy atom. The van der Waals surface area contributed by atoms with Gasteiger partial charge in [-0.2, -0.15) is 0 Å². The topological polar surface area (TPSA) is 103 Å². The first-order valence-corrected chi connectivity index (χ1v) is 12.1. The van der Waals surface area contributed by atoms with Crippen molar-refractivity contribution < 1.29 is 23.8 Å². The Morgan fingerprint density at radius 2 is 2.11 bits per heavy atom. The molecule has 0 aliphatic carbocycles. The molecule has 0 bridgehead atoms. The van der Waals surface area contributed by atoms with Crippen molar-refractivity contribution in [2.75, 3.05) is 33.5 Å². The van der Waals surface area contributed by atoms with Gasteiger partial charge in [0.15, 0.2) is 0 Å². The van der Waals surface area contributed by atoms with Crippen LogP contribution in [0, 0.1) is 19.7 Å². The number of rotatable bonds is 8. The van der Waals surface area contributed by atoms with E-state index >= 15 is 0 Å². The van der Waals surface area contributed by atoms with E-state index in [1.54, 1.807) is 13.2 Å². The molecule has 1 aliphatic heterocycles. The first-order valence-electron chi connectivity index (χ1n) is 12.1. The minimum atomic E-state index is -0.777. The Labute approximate surface area is 209 Å². The van der Waals surface area contributed by atoms with Crippen molar-refractivity contribution in [3.05, 3.63) is 74.6 Å². The molecule has 2 N–H and O–H groups in total. The summed E-state index contributed by atoms with van der Waals surface area (Å²) >= 11 is 0. The number of carbonyl (C=O) groups excluding carboxylic acids is 1. The molecule has 1 aliphatic rings. The maximum absolute atomic E-state index is 14.8. The average Bonchev–Trinajstić information content (AvgIpc) is 2.86. The number of aromatic nitrogens is 2. The Hall–Kier alpha value is -3.14. The molecule has 2 atom stereocenters. The molecule has 9 heteroatoms. The van der Waals surface area contributed by atoms with E-state index in [0.29, 0.717) is 55.5 Å². The summed E-state index contributed by atoms with van der Waals surface area (Å²) in [6.07, 6.45) is 2.29. The third-order valence-electron chi connectivity index (χ3n) is 6.88. The zero-order valence-electron chi connectivity index (χ0n) is 20.8. The van der Waals surface area contributed by atoms with E-state index in [9.17, 15) is 19.1 Å². The normalized spacial score (nSPS) is 17.9. The first kappa shape index (κ1) is 25.9. The van der Waals surface area contributed by atoms with Crippen molar-refractivity contribution >= 4 is 16.8 Å². The van der Waals surface area contributed by atoms with Crippen LogP contribution >= 0.6 is 0 Å². The molecular formula is C27H32FN3O5. The van der Waals surface area contributed by atoms with Gasteiger partial charge in [-0.3, -0.25) is 14.2 Å². The number of nitrogens with one attached hydrogen (secondary N) is 1. The van der Waals surface area contributed by atoms with Crippen LogP contribution in [0.5, 0.6) is 0 Å². The van der Waals surface area contributed by atoms with Crippen LogP contribution in [0.4, 0.5) is 4.39 Å². The minimum Gasteiger partial charge on any atom is -0.389 e. The Kier molecular flexibility index (Phi) is 8.13. The van der Waals surface area contributed by atoms with E-state index < -0.39 is 23.9 Å². The van der Waals surface area contributed by atoms with Crippen LogP contribution in [0.15, 0.2) is 35.4 Å². The Morgan fingerprint density at radius 3 is 2.83 bits per heavy atom. The van der Waals surface area contributed by atoms with E-state index in [1.165, 1.54) is 23.0 Å². The van der Waals surface area contributed by atoms with E-state index in [4.69, 9.17) is 9.47 Å². The van der Waals surface area contributed by atoms with Crippen LogP contribution < -0.4 is 10.9 Å². The minimum absolute atomic E-state index is 0.00955. The van der Waals surface area contributed by atoms with E-state index in [2.05, 4.69) is 10.3 Å². The molecule has 1 saturated heterocycles. The van der Waals surface area contributed by atoms with Crippen molar-refractivity contribution in [3.63, 3.8) is 0 Å². The predicted molar refractivity (Wildman–Crippen MR) is 134 cm³/mol. The Balaban J connectivity index is 1.62. The fraction of sp³-hybridized carbons (Fsp3) is 0.444. The second-order valence-corrected chi connectivity index (χ2v) is 9.23. The van der Waals surface area contributed by atoms with E-state index in [0.717, 1.165) is 16.7 Å². The number of nitrogens with zero attached hydrogens (tertiary/aromatic N) is 2. The average molecular weight is 498 g/mol. The molecule has 2 aromatic carbocycles. The third-order valence-corrected chi connectivity index (χ3v) is 6.88. The maximum Gasteiger partial charge on any atom is 0.261 e.